The number of likely N-dealkylation sites (tertiary alicyclic amines) is 3. The van der Waals surface area contributed by atoms with E-state index >= 15 is 0 Å². The molecule has 4 rings (SSSR count). The Hall–Kier alpha value is -2.22. The van der Waals surface area contributed by atoms with Crippen LogP contribution in [0.2, 0.25) is 0 Å². The number of carbonyl (C=O) groups excluding carboxylic acids is 2. The first-order valence-electron chi connectivity index (χ1n) is 10.5. The molecule has 1 aromatic rings. The Kier molecular flexibility index (Phi) is 5.75. The van der Waals surface area contributed by atoms with Crippen LogP contribution in [0.4, 0.5) is 0 Å². The summed E-state index contributed by atoms with van der Waals surface area (Å²) in [5, 5.41) is 6.17. The molecular weight excluding hydrogens is 358 g/mol. The molecule has 0 saturated carbocycles. The summed E-state index contributed by atoms with van der Waals surface area (Å²) in [5.74, 6) is 0.353. The molecule has 3 aliphatic rings. The van der Waals surface area contributed by atoms with E-state index in [1.807, 2.05) is 9.80 Å². The van der Waals surface area contributed by atoms with Gasteiger partial charge in [0.05, 0.1) is 5.92 Å². The fraction of sp³-hybridized carbons (Fsp3) is 0.700. The van der Waals surface area contributed by atoms with Crippen LogP contribution in [0.25, 0.3) is 0 Å². The molecule has 3 saturated heterocycles. The molecule has 8 nitrogen and oxygen atoms in total. The highest BCUT2D eigenvalue weighted by molar-refractivity contribution is 5.92. The van der Waals surface area contributed by atoms with E-state index in [1.54, 1.807) is 0 Å². The quantitative estimate of drug-likeness (QED) is 0.825. The Morgan fingerprint density at radius 3 is 2.36 bits per heavy atom. The molecule has 0 aromatic carbocycles. The van der Waals surface area contributed by atoms with Crippen LogP contribution in [-0.2, 0) is 4.79 Å². The molecule has 1 N–H and O–H groups in total. The van der Waals surface area contributed by atoms with Gasteiger partial charge in [-0.2, -0.15) is 5.10 Å². The summed E-state index contributed by atoms with van der Waals surface area (Å²) in [6.45, 7) is 5.12. The standard InChI is InChI=1S/C20H29N5O3/c26-18-6-5-17(21-22-18)20(28)24-12-7-16(8-13-24)25-11-3-4-15(14-25)19(27)23-9-1-2-10-23/h5-6,15-16H,1-4,7-14H2,(H,22,26)/t15-/m0/s1. The monoisotopic (exact) mass is 387 g/mol. The lowest BCUT2D eigenvalue weighted by Crippen LogP contribution is -2.51. The molecule has 0 radical (unpaired) electrons. The maximum Gasteiger partial charge on any atom is 0.274 e. The second-order valence-corrected chi connectivity index (χ2v) is 8.20. The lowest BCUT2D eigenvalue weighted by Gasteiger charge is -2.42. The average molecular weight is 387 g/mol. The van der Waals surface area contributed by atoms with Crippen LogP contribution < -0.4 is 5.56 Å². The molecule has 3 aliphatic heterocycles. The van der Waals surface area contributed by atoms with E-state index in [4.69, 9.17) is 0 Å². The third-order valence-electron chi connectivity index (χ3n) is 6.39. The third kappa shape index (κ3) is 4.11. The topological polar surface area (TPSA) is 89.6 Å². The zero-order valence-corrected chi connectivity index (χ0v) is 16.3. The predicted molar refractivity (Wildman–Crippen MR) is 104 cm³/mol. The number of hydrogen-bond acceptors (Lipinski definition) is 5. The van der Waals surface area contributed by atoms with Gasteiger partial charge >= 0.3 is 0 Å². The summed E-state index contributed by atoms with van der Waals surface area (Å²) in [5.41, 5.74) is -0.0225. The van der Waals surface area contributed by atoms with Gasteiger partial charge in [-0.15, -0.1) is 0 Å². The van der Waals surface area contributed by atoms with E-state index in [-0.39, 0.29) is 23.1 Å². The Morgan fingerprint density at radius 1 is 0.929 bits per heavy atom. The van der Waals surface area contributed by atoms with Gasteiger partial charge in [-0.1, -0.05) is 0 Å². The van der Waals surface area contributed by atoms with Crippen molar-refractivity contribution in [3.8, 4) is 0 Å². The molecule has 1 atom stereocenters. The van der Waals surface area contributed by atoms with Crippen LogP contribution >= 0.6 is 0 Å². The lowest BCUT2D eigenvalue weighted by atomic mass is 9.93. The second-order valence-electron chi connectivity index (χ2n) is 8.20. The molecule has 0 aliphatic carbocycles. The molecule has 1 aromatic heterocycles. The molecule has 0 unspecified atom stereocenters. The Labute approximate surface area is 164 Å². The second kappa shape index (κ2) is 8.43. The highest BCUT2D eigenvalue weighted by atomic mass is 16.2. The summed E-state index contributed by atoms with van der Waals surface area (Å²) >= 11 is 0. The number of aromatic amines is 1. The van der Waals surface area contributed by atoms with Gasteiger partial charge in [-0.3, -0.25) is 19.3 Å². The molecule has 0 bridgehead atoms. The van der Waals surface area contributed by atoms with E-state index in [0.29, 0.717) is 25.0 Å². The summed E-state index contributed by atoms with van der Waals surface area (Å²) in [4.78, 5) is 42.8. The highest BCUT2D eigenvalue weighted by Gasteiger charge is 2.34. The van der Waals surface area contributed by atoms with Crippen LogP contribution in [0.3, 0.4) is 0 Å². The zero-order valence-electron chi connectivity index (χ0n) is 16.3. The number of carbonyl (C=O) groups is 2. The van der Waals surface area contributed by atoms with Crippen molar-refractivity contribution in [2.24, 2.45) is 5.92 Å². The maximum absolute atomic E-state index is 12.8. The smallest absolute Gasteiger partial charge is 0.274 e. The fourth-order valence-corrected chi connectivity index (χ4v) is 4.80. The first kappa shape index (κ1) is 19.1. The number of piperidine rings is 2. The van der Waals surface area contributed by atoms with E-state index < -0.39 is 0 Å². The van der Waals surface area contributed by atoms with Crippen molar-refractivity contribution in [1.82, 2.24) is 24.9 Å². The number of amides is 2. The van der Waals surface area contributed by atoms with Gasteiger partial charge in [0.1, 0.15) is 5.69 Å². The van der Waals surface area contributed by atoms with Gasteiger partial charge in [0.25, 0.3) is 11.5 Å². The van der Waals surface area contributed by atoms with Crippen molar-refractivity contribution >= 4 is 11.8 Å². The van der Waals surface area contributed by atoms with Gasteiger partial charge in [-0.25, -0.2) is 5.10 Å². The molecular formula is C20H29N5O3. The Morgan fingerprint density at radius 2 is 1.68 bits per heavy atom. The van der Waals surface area contributed by atoms with E-state index in [9.17, 15) is 14.4 Å². The van der Waals surface area contributed by atoms with E-state index in [2.05, 4.69) is 15.1 Å². The zero-order chi connectivity index (χ0) is 19.5. The van der Waals surface area contributed by atoms with Gasteiger partial charge in [0.2, 0.25) is 5.91 Å². The van der Waals surface area contributed by atoms with Crippen LogP contribution in [0.15, 0.2) is 16.9 Å². The van der Waals surface area contributed by atoms with Crippen LogP contribution in [0.1, 0.15) is 49.0 Å². The highest BCUT2D eigenvalue weighted by Crippen LogP contribution is 2.26. The summed E-state index contributed by atoms with van der Waals surface area (Å²) in [7, 11) is 0. The average Bonchev–Trinajstić information content (AvgIpc) is 3.28. The Balaban J connectivity index is 1.30. The van der Waals surface area contributed by atoms with Crippen LogP contribution in [0, 0.1) is 5.92 Å². The van der Waals surface area contributed by atoms with E-state index in [0.717, 1.165) is 64.7 Å². The summed E-state index contributed by atoms with van der Waals surface area (Å²) in [6.07, 6.45) is 6.18. The van der Waals surface area contributed by atoms with Gasteiger partial charge in [-0.05, 0) is 51.1 Å². The maximum atomic E-state index is 12.8. The van der Waals surface area contributed by atoms with Gasteiger partial charge in [0, 0.05) is 44.8 Å². The number of H-pyrrole nitrogens is 1. The first-order chi connectivity index (χ1) is 13.6. The number of aromatic nitrogens is 2. The van der Waals surface area contributed by atoms with Gasteiger partial charge < -0.3 is 9.80 Å². The normalized spacial score (nSPS) is 24.5. The van der Waals surface area contributed by atoms with Crippen molar-refractivity contribution in [2.75, 3.05) is 39.3 Å². The minimum Gasteiger partial charge on any atom is -0.342 e. The molecule has 2 amide bonds. The van der Waals surface area contributed by atoms with Crippen molar-refractivity contribution in [2.45, 2.75) is 44.6 Å². The predicted octanol–water partition coefficient (Wildman–Crippen LogP) is 0.709. The lowest BCUT2D eigenvalue weighted by molar-refractivity contribution is -0.136. The van der Waals surface area contributed by atoms with Crippen molar-refractivity contribution < 1.29 is 9.59 Å². The number of nitrogens with zero attached hydrogens (tertiary/aromatic N) is 4. The van der Waals surface area contributed by atoms with Crippen LogP contribution in [-0.4, -0.2) is 82.0 Å². The fourth-order valence-electron chi connectivity index (χ4n) is 4.80. The number of rotatable bonds is 3. The minimum atomic E-state index is -0.307. The molecule has 3 fully saturated rings. The number of hydrogen-bond donors (Lipinski definition) is 1. The van der Waals surface area contributed by atoms with Crippen molar-refractivity contribution in [3.63, 3.8) is 0 Å². The summed E-state index contributed by atoms with van der Waals surface area (Å²) < 4.78 is 0. The molecule has 28 heavy (non-hydrogen) atoms. The third-order valence-corrected chi connectivity index (χ3v) is 6.39. The summed E-state index contributed by atoms with van der Waals surface area (Å²) in [6, 6.07) is 3.24. The number of nitrogens with one attached hydrogen (secondary N) is 1. The molecule has 8 heteroatoms. The van der Waals surface area contributed by atoms with Gasteiger partial charge in [0.15, 0.2) is 0 Å². The molecule has 0 spiro atoms. The molecule has 152 valence electrons. The van der Waals surface area contributed by atoms with Crippen molar-refractivity contribution in [1.29, 1.82) is 0 Å². The molecule has 4 heterocycles. The minimum absolute atomic E-state index is 0.129. The first-order valence-corrected chi connectivity index (χ1v) is 10.5. The van der Waals surface area contributed by atoms with E-state index in [1.165, 1.54) is 12.1 Å². The van der Waals surface area contributed by atoms with Crippen LogP contribution in [0.5, 0.6) is 0 Å². The largest absolute Gasteiger partial charge is 0.342 e. The SMILES string of the molecule is O=C(c1ccc(=O)[nH]n1)N1CCC(N2CCC[C@H](C(=O)N3CCCC3)C2)CC1. The Bertz CT molecular complexity index is 745. The van der Waals surface area contributed by atoms with Crippen molar-refractivity contribution in [3.05, 3.63) is 28.2 Å².